The summed E-state index contributed by atoms with van der Waals surface area (Å²) in [5, 5.41) is 0.929. The summed E-state index contributed by atoms with van der Waals surface area (Å²) in [6.45, 7) is 6.02. The minimum Gasteiger partial charge on any atom is -0.343 e. The quantitative estimate of drug-likeness (QED) is 0.735. The highest BCUT2D eigenvalue weighted by molar-refractivity contribution is 6.42. The molecule has 0 aliphatic rings. The number of benzene rings is 1. The average molecular weight is 408 g/mol. The molecule has 0 aliphatic heterocycles. The fourth-order valence-corrected chi connectivity index (χ4v) is 2.93. The zero-order chi connectivity index (χ0) is 20.3. The van der Waals surface area contributed by atoms with Gasteiger partial charge in [0.2, 0.25) is 0 Å². The highest BCUT2D eigenvalue weighted by Gasteiger charge is 2.22. The van der Waals surface area contributed by atoms with Gasteiger partial charge in [-0.25, -0.2) is 4.98 Å². The maximum absolute atomic E-state index is 13.1. The highest BCUT2D eigenvalue weighted by atomic mass is 35.5. The van der Waals surface area contributed by atoms with Gasteiger partial charge < -0.3 is 9.80 Å². The van der Waals surface area contributed by atoms with Gasteiger partial charge in [0.05, 0.1) is 21.3 Å². The molecule has 0 aliphatic carbocycles. The van der Waals surface area contributed by atoms with Crippen molar-refractivity contribution in [3.63, 3.8) is 0 Å². The van der Waals surface area contributed by atoms with Crippen molar-refractivity contribution in [3.05, 3.63) is 62.9 Å². The number of aryl methyl sites for hydroxylation is 1. The van der Waals surface area contributed by atoms with Crippen molar-refractivity contribution in [3.8, 4) is 0 Å². The third-order valence-electron chi connectivity index (χ3n) is 4.16. The van der Waals surface area contributed by atoms with Crippen LogP contribution in [0.4, 0.5) is 0 Å². The average Bonchev–Trinajstić information content (AvgIpc) is 2.60. The van der Waals surface area contributed by atoms with Crippen molar-refractivity contribution in [2.75, 3.05) is 14.1 Å². The lowest BCUT2D eigenvalue weighted by atomic mass is 10.1. The van der Waals surface area contributed by atoms with Crippen molar-refractivity contribution in [2.45, 2.75) is 33.4 Å². The van der Waals surface area contributed by atoms with Crippen molar-refractivity contribution < 1.29 is 9.59 Å². The van der Waals surface area contributed by atoms with Crippen LogP contribution in [0, 0.1) is 6.92 Å². The second-order valence-electron chi connectivity index (χ2n) is 6.80. The third kappa shape index (κ3) is 4.99. The normalized spacial score (nSPS) is 10.8. The summed E-state index contributed by atoms with van der Waals surface area (Å²) in [5.41, 5.74) is 2.19. The number of pyridine rings is 1. The Morgan fingerprint density at radius 3 is 2.22 bits per heavy atom. The summed E-state index contributed by atoms with van der Waals surface area (Å²) in [7, 11) is 3.33. The van der Waals surface area contributed by atoms with Crippen LogP contribution in [0.3, 0.4) is 0 Å². The van der Waals surface area contributed by atoms with Crippen LogP contribution in [0.2, 0.25) is 10.0 Å². The lowest BCUT2D eigenvalue weighted by Gasteiger charge is -2.27. The van der Waals surface area contributed by atoms with Crippen molar-refractivity contribution in [1.82, 2.24) is 14.8 Å². The zero-order valence-corrected chi connectivity index (χ0v) is 17.6. The second kappa shape index (κ2) is 8.72. The number of rotatable bonds is 5. The van der Waals surface area contributed by atoms with Gasteiger partial charge in [-0.1, -0.05) is 29.3 Å². The van der Waals surface area contributed by atoms with Crippen LogP contribution in [0.25, 0.3) is 0 Å². The van der Waals surface area contributed by atoms with Crippen LogP contribution in [-0.2, 0) is 6.54 Å². The fraction of sp³-hybridized carbons (Fsp3) is 0.350. The van der Waals surface area contributed by atoms with Gasteiger partial charge in [0.25, 0.3) is 11.8 Å². The minimum absolute atomic E-state index is 0.0329. The van der Waals surface area contributed by atoms with Crippen LogP contribution in [-0.4, -0.2) is 46.7 Å². The molecule has 0 fully saturated rings. The molecule has 1 aromatic carbocycles. The zero-order valence-electron chi connectivity index (χ0n) is 16.1. The maximum Gasteiger partial charge on any atom is 0.271 e. The lowest BCUT2D eigenvalue weighted by molar-refractivity contribution is 0.0687. The van der Waals surface area contributed by atoms with Gasteiger partial charge in [0, 0.05) is 26.7 Å². The molecule has 2 amide bonds. The Bertz CT molecular complexity index is 866. The number of aromatic nitrogens is 1. The van der Waals surface area contributed by atoms with E-state index >= 15 is 0 Å². The Balaban J connectivity index is 2.31. The van der Waals surface area contributed by atoms with Crippen molar-refractivity contribution in [1.29, 1.82) is 0 Å². The number of hydrogen-bond acceptors (Lipinski definition) is 3. The van der Waals surface area contributed by atoms with Crippen LogP contribution < -0.4 is 0 Å². The molecule has 0 saturated heterocycles. The van der Waals surface area contributed by atoms with Crippen molar-refractivity contribution >= 4 is 35.0 Å². The van der Waals surface area contributed by atoms with E-state index in [1.807, 2.05) is 19.9 Å². The number of hydrogen-bond donors (Lipinski definition) is 0. The van der Waals surface area contributed by atoms with E-state index in [0.717, 1.165) is 5.56 Å². The van der Waals surface area contributed by atoms with E-state index in [1.165, 1.54) is 4.90 Å². The molecule has 1 aromatic heterocycles. The van der Waals surface area contributed by atoms with Gasteiger partial charge in [-0.2, -0.15) is 0 Å². The molecule has 144 valence electrons. The monoisotopic (exact) mass is 407 g/mol. The Labute approximate surface area is 169 Å². The standard InChI is InChI=1S/C20H23Cl2N3O2/c1-12(2)25(11-14-6-8-16(21)17(22)10-14)19(26)15-7-9-18(23-13(15)3)20(27)24(4)5/h6-10,12H,11H2,1-5H3. The molecule has 5 nitrogen and oxygen atoms in total. The van der Waals surface area contributed by atoms with Crippen molar-refractivity contribution in [2.24, 2.45) is 0 Å². The van der Waals surface area contributed by atoms with E-state index < -0.39 is 0 Å². The summed E-state index contributed by atoms with van der Waals surface area (Å²) in [4.78, 5) is 32.7. The van der Waals surface area contributed by atoms with Gasteiger partial charge in [-0.05, 0) is 50.6 Å². The van der Waals surface area contributed by atoms with Gasteiger partial charge in [0.15, 0.2) is 0 Å². The fourth-order valence-electron chi connectivity index (χ4n) is 2.61. The first-order chi connectivity index (χ1) is 12.6. The molecule has 0 atom stereocenters. The summed E-state index contributed by atoms with van der Waals surface area (Å²) >= 11 is 12.1. The van der Waals surface area contributed by atoms with Gasteiger partial charge >= 0.3 is 0 Å². The molecule has 0 bridgehead atoms. The predicted molar refractivity (Wildman–Crippen MR) is 108 cm³/mol. The van der Waals surface area contributed by atoms with E-state index in [4.69, 9.17) is 23.2 Å². The van der Waals surface area contributed by atoms with Gasteiger partial charge in [0.1, 0.15) is 5.69 Å². The molecule has 1 heterocycles. The lowest BCUT2D eigenvalue weighted by Crippen LogP contribution is -2.37. The summed E-state index contributed by atoms with van der Waals surface area (Å²) in [6, 6.07) is 8.54. The summed E-state index contributed by atoms with van der Waals surface area (Å²) < 4.78 is 0. The molecule has 0 saturated carbocycles. The number of carbonyl (C=O) groups is 2. The van der Waals surface area contributed by atoms with Crippen LogP contribution in [0.1, 0.15) is 46.0 Å². The van der Waals surface area contributed by atoms with E-state index in [0.29, 0.717) is 33.5 Å². The van der Waals surface area contributed by atoms with Gasteiger partial charge in [-0.3, -0.25) is 9.59 Å². The first kappa shape index (κ1) is 21.2. The smallest absolute Gasteiger partial charge is 0.271 e. The SMILES string of the molecule is Cc1nc(C(=O)N(C)C)ccc1C(=O)N(Cc1ccc(Cl)c(Cl)c1)C(C)C. The molecular formula is C20H23Cl2N3O2. The topological polar surface area (TPSA) is 53.5 Å². The maximum atomic E-state index is 13.1. The molecule has 7 heteroatoms. The molecule has 0 unspecified atom stereocenters. The number of carbonyl (C=O) groups excluding carboxylic acids is 2. The minimum atomic E-state index is -0.200. The third-order valence-corrected chi connectivity index (χ3v) is 4.90. The van der Waals surface area contributed by atoms with E-state index in [9.17, 15) is 9.59 Å². The molecule has 0 spiro atoms. The van der Waals surface area contributed by atoms with E-state index in [-0.39, 0.29) is 17.9 Å². The highest BCUT2D eigenvalue weighted by Crippen LogP contribution is 2.24. The number of halogens is 2. The largest absolute Gasteiger partial charge is 0.343 e. The first-order valence-corrected chi connectivity index (χ1v) is 9.31. The number of nitrogens with zero attached hydrogens (tertiary/aromatic N) is 3. The Morgan fingerprint density at radius 1 is 1.04 bits per heavy atom. The molecule has 2 rings (SSSR count). The van der Waals surface area contributed by atoms with Gasteiger partial charge in [-0.15, -0.1) is 0 Å². The molecule has 2 aromatic rings. The molecule has 0 N–H and O–H groups in total. The number of amides is 2. The molecular weight excluding hydrogens is 385 g/mol. The molecule has 0 radical (unpaired) electrons. The van der Waals surface area contributed by atoms with E-state index in [1.54, 1.807) is 50.2 Å². The van der Waals surface area contributed by atoms with Crippen LogP contribution in [0.5, 0.6) is 0 Å². The predicted octanol–water partition coefficient (Wildman–Crippen LogP) is 4.45. The Morgan fingerprint density at radius 2 is 1.70 bits per heavy atom. The Hall–Kier alpha value is -2.11. The van der Waals surface area contributed by atoms with Crippen LogP contribution in [0.15, 0.2) is 30.3 Å². The first-order valence-electron chi connectivity index (χ1n) is 8.56. The summed E-state index contributed by atoms with van der Waals surface area (Å²) in [6.07, 6.45) is 0. The van der Waals surface area contributed by atoms with E-state index in [2.05, 4.69) is 4.98 Å². The Kier molecular flexibility index (Phi) is 6.84. The summed E-state index contributed by atoms with van der Waals surface area (Å²) in [5.74, 6) is -0.349. The van der Waals surface area contributed by atoms with Crippen LogP contribution >= 0.6 is 23.2 Å². The second-order valence-corrected chi connectivity index (χ2v) is 7.62. The molecule has 27 heavy (non-hydrogen) atoms.